The van der Waals surface area contributed by atoms with E-state index in [9.17, 15) is 9.90 Å². The van der Waals surface area contributed by atoms with Crippen LogP contribution in [0.5, 0.6) is 5.75 Å². The first kappa shape index (κ1) is 11.5. The van der Waals surface area contributed by atoms with E-state index in [1.807, 2.05) is 6.92 Å². The third-order valence-electron chi connectivity index (χ3n) is 2.28. The average Bonchev–Trinajstić information content (AvgIpc) is 2.21. The molecule has 0 aliphatic carbocycles. The number of aromatic hydroxyl groups is 1. The van der Waals surface area contributed by atoms with Gasteiger partial charge in [-0.3, -0.25) is 4.79 Å². The van der Waals surface area contributed by atoms with Gasteiger partial charge in [0.2, 0.25) is 0 Å². The minimum Gasteiger partial charge on any atom is -0.508 e. The van der Waals surface area contributed by atoms with Crippen molar-refractivity contribution in [3.63, 3.8) is 0 Å². The third kappa shape index (κ3) is 2.70. The molecule has 4 N–H and O–H groups in total. The van der Waals surface area contributed by atoms with Crippen molar-refractivity contribution >= 4 is 5.91 Å². The van der Waals surface area contributed by atoms with Gasteiger partial charge in [-0.25, -0.2) is 0 Å². The number of hydrogen-bond acceptors (Lipinski definition) is 3. The first-order valence-corrected chi connectivity index (χ1v) is 4.85. The van der Waals surface area contributed by atoms with Gasteiger partial charge in [0.15, 0.2) is 0 Å². The molecule has 0 aromatic heterocycles. The first-order chi connectivity index (χ1) is 7.06. The standard InChI is InChI=1S/C11H16N2O2/c1-7(6-12)13-11(15)9-4-3-5-10(14)8(9)2/h3-5,7,14H,6,12H2,1-2H3,(H,13,15). The molecule has 1 amide bonds. The van der Waals surface area contributed by atoms with Crippen LogP contribution in [0.1, 0.15) is 22.8 Å². The molecule has 0 radical (unpaired) electrons. The second-order valence-corrected chi connectivity index (χ2v) is 3.56. The molecule has 1 rings (SSSR count). The summed E-state index contributed by atoms with van der Waals surface area (Å²) in [6.07, 6.45) is 0. The quantitative estimate of drug-likeness (QED) is 0.687. The Bertz CT molecular complexity index is 364. The lowest BCUT2D eigenvalue weighted by molar-refractivity contribution is 0.0940. The summed E-state index contributed by atoms with van der Waals surface area (Å²) in [7, 11) is 0. The Balaban J connectivity index is 2.87. The topological polar surface area (TPSA) is 75.3 Å². The van der Waals surface area contributed by atoms with E-state index in [4.69, 9.17) is 5.73 Å². The number of phenols is 1. The Morgan fingerprint density at radius 2 is 2.27 bits per heavy atom. The number of nitrogens with one attached hydrogen (secondary N) is 1. The van der Waals surface area contributed by atoms with E-state index in [-0.39, 0.29) is 17.7 Å². The average molecular weight is 208 g/mol. The first-order valence-electron chi connectivity index (χ1n) is 4.85. The van der Waals surface area contributed by atoms with Gasteiger partial charge in [-0.2, -0.15) is 0 Å². The molecule has 1 atom stereocenters. The molecule has 1 aromatic carbocycles. The van der Waals surface area contributed by atoms with Gasteiger partial charge >= 0.3 is 0 Å². The van der Waals surface area contributed by atoms with Crippen molar-refractivity contribution in [1.29, 1.82) is 0 Å². The van der Waals surface area contributed by atoms with E-state index in [2.05, 4.69) is 5.32 Å². The van der Waals surface area contributed by atoms with E-state index in [1.54, 1.807) is 25.1 Å². The van der Waals surface area contributed by atoms with E-state index in [1.165, 1.54) is 0 Å². The fraction of sp³-hybridized carbons (Fsp3) is 0.364. The molecule has 4 nitrogen and oxygen atoms in total. The summed E-state index contributed by atoms with van der Waals surface area (Å²) in [5.41, 5.74) is 6.47. The Labute approximate surface area is 89.1 Å². The monoisotopic (exact) mass is 208 g/mol. The minimum atomic E-state index is -0.207. The van der Waals surface area contributed by atoms with E-state index in [0.29, 0.717) is 17.7 Å². The van der Waals surface area contributed by atoms with Gasteiger partial charge in [0.1, 0.15) is 5.75 Å². The van der Waals surface area contributed by atoms with Gasteiger partial charge in [-0.15, -0.1) is 0 Å². The molecular weight excluding hydrogens is 192 g/mol. The second-order valence-electron chi connectivity index (χ2n) is 3.56. The van der Waals surface area contributed by atoms with Gasteiger partial charge in [-0.05, 0) is 26.0 Å². The van der Waals surface area contributed by atoms with Crippen LogP contribution in [0.4, 0.5) is 0 Å². The molecular formula is C11H16N2O2. The SMILES string of the molecule is Cc1c(O)cccc1C(=O)NC(C)CN. The van der Waals surface area contributed by atoms with Gasteiger partial charge in [-0.1, -0.05) is 6.07 Å². The molecule has 0 aliphatic heterocycles. The number of benzene rings is 1. The summed E-state index contributed by atoms with van der Waals surface area (Å²) < 4.78 is 0. The Hall–Kier alpha value is -1.55. The van der Waals surface area contributed by atoms with Crippen LogP contribution in [0.3, 0.4) is 0 Å². The fourth-order valence-corrected chi connectivity index (χ4v) is 1.23. The Morgan fingerprint density at radius 1 is 1.60 bits per heavy atom. The zero-order valence-corrected chi connectivity index (χ0v) is 8.95. The lowest BCUT2D eigenvalue weighted by Crippen LogP contribution is -2.38. The Morgan fingerprint density at radius 3 is 2.87 bits per heavy atom. The van der Waals surface area contributed by atoms with Crippen LogP contribution in [0.15, 0.2) is 18.2 Å². The molecule has 0 saturated heterocycles. The molecule has 0 spiro atoms. The smallest absolute Gasteiger partial charge is 0.251 e. The summed E-state index contributed by atoms with van der Waals surface area (Å²) in [5, 5.41) is 12.2. The van der Waals surface area contributed by atoms with Crippen molar-refractivity contribution in [3.05, 3.63) is 29.3 Å². The maximum absolute atomic E-state index is 11.7. The largest absolute Gasteiger partial charge is 0.508 e. The highest BCUT2D eigenvalue weighted by Gasteiger charge is 2.12. The molecule has 1 unspecified atom stereocenters. The summed E-state index contributed by atoms with van der Waals surface area (Å²) in [5.74, 6) is -0.0793. The lowest BCUT2D eigenvalue weighted by atomic mass is 10.1. The normalized spacial score (nSPS) is 12.2. The predicted octanol–water partition coefficient (Wildman–Crippen LogP) is 0.778. The third-order valence-corrected chi connectivity index (χ3v) is 2.28. The number of carbonyl (C=O) groups excluding carboxylic acids is 1. The van der Waals surface area contributed by atoms with Crippen molar-refractivity contribution in [2.24, 2.45) is 5.73 Å². The van der Waals surface area contributed by atoms with Gasteiger partial charge in [0, 0.05) is 23.7 Å². The van der Waals surface area contributed by atoms with Crippen LogP contribution in [0.25, 0.3) is 0 Å². The molecule has 0 aliphatic rings. The zero-order valence-electron chi connectivity index (χ0n) is 8.95. The van der Waals surface area contributed by atoms with Crippen molar-refractivity contribution in [1.82, 2.24) is 5.32 Å². The number of rotatable bonds is 3. The highest BCUT2D eigenvalue weighted by molar-refractivity contribution is 5.96. The second kappa shape index (κ2) is 4.79. The van der Waals surface area contributed by atoms with Gasteiger partial charge in [0.05, 0.1) is 0 Å². The molecule has 82 valence electrons. The van der Waals surface area contributed by atoms with Crippen molar-refractivity contribution in [3.8, 4) is 5.75 Å². The molecule has 15 heavy (non-hydrogen) atoms. The molecule has 1 aromatic rings. The van der Waals surface area contributed by atoms with Crippen LogP contribution >= 0.6 is 0 Å². The lowest BCUT2D eigenvalue weighted by Gasteiger charge is -2.13. The van der Waals surface area contributed by atoms with Crippen LogP contribution in [0.2, 0.25) is 0 Å². The maximum atomic E-state index is 11.7. The Kier molecular flexibility index (Phi) is 3.68. The minimum absolute atomic E-state index is 0.0701. The molecule has 0 heterocycles. The predicted molar refractivity (Wildman–Crippen MR) is 58.8 cm³/mol. The van der Waals surface area contributed by atoms with Gasteiger partial charge < -0.3 is 16.2 Å². The number of phenolic OH excluding ortho intramolecular Hbond substituents is 1. The van der Waals surface area contributed by atoms with Crippen LogP contribution < -0.4 is 11.1 Å². The highest BCUT2D eigenvalue weighted by Crippen LogP contribution is 2.19. The van der Waals surface area contributed by atoms with E-state index in [0.717, 1.165) is 0 Å². The highest BCUT2D eigenvalue weighted by atomic mass is 16.3. The van der Waals surface area contributed by atoms with E-state index >= 15 is 0 Å². The summed E-state index contributed by atoms with van der Waals surface area (Å²) in [4.78, 5) is 11.7. The number of nitrogens with two attached hydrogens (primary N) is 1. The van der Waals surface area contributed by atoms with Gasteiger partial charge in [0.25, 0.3) is 5.91 Å². The summed E-state index contributed by atoms with van der Waals surface area (Å²) in [6.45, 7) is 3.93. The van der Waals surface area contributed by atoms with Crippen molar-refractivity contribution in [2.75, 3.05) is 6.54 Å². The molecule has 0 saturated carbocycles. The van der Waals surface area contributed by atoms with Crippen LogP contribution in [-0.4, -0.2) is 23.6 Å². The summed E-state index contributed by atoms with van der Waals surface area (Å²) in [6, 6.07) is 4.80. The van der Waals surface area contributed by atoms with Crippen molar-refractivity contribution < 1.29 is 9.90 Å². The number of amides is 1. The zero-order chi connectivity index (χ0) is 11.4. The molecule has 0 fully saturated rings. The van der Waals surface area contributed by atoms with E-state index < -0.39 is 0 Å². The molecule has 4 heteroatoms. The van der Waals surface area contributed by atoms with Crippen LogP contribution in [-0.2, 0) is 0 Å². The fourth-order valence-electron chi connectivity index (χ4n) is 1.23. The molecule has 0 bridgehead atoms. The number of hydrogen-bond donors (Lipinski definition) is 3. The van der Waals surface area contributed by atoms with Crippen LogP contribution in [0, 0.1) is 6.92 Å². The van der Waals surface area contributed by atoms with Crippen molar-refractivity contribution in [2.45, 2.75) is 19.9 Å². The number of carbonyl (C=O) groups is 1. The summed E-state index contributed by atoms with van der Waals surface area (Å²) >= 11 is 0. The maximum Gasteiger partial charge on any atom is 0.251 e.